The van der Waals surface area contributed by atoms with Crippen molar-refractivity contribution in [1.29, 1.82) is 0 Å². The first-order valence-electron chi connectivity index (χ1n) is 9.95. The van der Waals surface area contributed by atoms with Crippen molar-refractivity contribution in [2.24, 2.45) is 4.99 Å². The van der Waals surface area contributed by atoms with Gasteiger partial charge in [-0.25, -0.2) is 4.99 Å². The molecule has 0 saturated heterocycles. The molecule has 1 aromatic carbocycles. The molecule has 1 aromatic heterocycles. The van der Waals surface area contributed by atoms with Crippen LogP contribution < -0.4 is 10.2 Å². The normalized spacial score (nSPS) is 17.1. The number of benzene rings is 1. The van der Waals surface area contributed by atoms with E-state index in [1.807, 2.05) is 38.1 Å². The molecular formula is C22H24BrN3O2S. The van der Waals surface area contributed by atoms with Crippen LogP contribution in [-0.4, -0.2) is 30.1 Å². The standard InChI is InChI=1S/C22H24BrN3O2S/c1-13-9-16-18(10-14(13)2)26(12-21(27)24-15-5-3-4-6-15)22(28)11-17(25-16)19-7-8-20(23)29-19/h7-10,15H,3-6,11-12H2,1-2H3,(H,24,27). The van der Waals surface area contributed by atoms with Crippen LogP contribution in [0.15, 0.2) is 33.0 Å². The first-order chi connectivity index (χ1) is 13.9. The van der Waals surface area contributed by atoms with E-state index < -0.39 is 0 Å². The molecule has 1 fully saturated rings. The largest absolute Gasteiger partial charge is 0.352 e. The summed E-state index contributed by atoms with van der Waals surface area (Å²) in [7, 11) is 0. The number of halogens is 1. The van der Waals surface area contributed by atoms with Crippen LogP contribution in [-0.2, 0) is 9.59 Å². The van der Waals surface area contributed by atoms with Crippen molar-refractivity contribution in [1.82, 2.24) is 5.32 Å². The molecule has 0 spiro atoms. The van der Waals surface area contributed by atoms with Gasteiger partial charge in [-0.2, -0.15) is 0 Å². The van der Waals surface area contributed by atoms with E-state index in [0.29, 0.717) is 5.69 Å². The number of carbonyl (C=O) groups excluding carboxylic acids is 2. The molecule has 5 nitrogen and oxygen atoms in total. The van der Waals surface area contributed by atoms with Gasteiger partial charge in [0.2, 0.25) is 11.8 Å². The zero-order valence-electron chi connectivity index (χ0n) is 16.6. The van der Waals surface area contributed by atoms with E-state index in [1.165, 1.54) is 0 Å². The highest BCUT2D eigenvalue weighted by atomic mass is 79.9. The SMILES string of the molecule is Cc1cc2c(cc1C)N(CC(=O)NC1CCCC1)C(=O)CC(c1ccc(Br)s1)=N2. The van der Waals surface area contributed by atoms with E-state index >= 15 is 0 Å². The number of carbonyl (C=O) groups is 2. The van der Waals surface area contributed by atoms with Crippen molar-refractivity contribution in [2.45, 2.75) is 52.0 Å². The van der Waals surface area contributed by atoms with Gasteiger partial charge in [-0.05, 0) is 78.0 Å². The van der Waals surface area contributed by atoms with E-state index in [4.69, 9.17) is 4.99 Å². The maximum Gasteiger partial charge on any atom is 0.240 e. The third kappa shape index (κ3) is 4.46. The molecule has 29 heavy (non-hydrogen) atoms. The number of rotatable bonds is 4. The number of aryl methyl sites for hydroxylation is 2. The van der Waals surface area contributed by atoms with Gasteiger partial charge in [0.1, 0.15) is 6.54 Å². The molecule has 0 bridgehead atoms. The Morgan fingerprint density at radius 1 is 1.24 bits per heavy atom. The Hall–Kier alpha value is -1.99. The van der Waals surface area contributed by atoms with Gasteiger partial charge in [0.05, 0.1) is 32.2 Å². The predicted octanol–water partition coefficient (Wildman–Crippen LogP) is 5.04. The van der Waals surface area contributed by atoms with Gasteiger partial charge in [0.25, 0.3) is 0 Å². The van der Waals surface area contributed by atoms with Crippen molar-refractivity contribution in [3.63, 3.8) is 0 Å². The van der Waals surface area contributed by atoms with Gasteiger partial charge in [-0.15, -0.1) is 11.3 Å². The van der Waals surface area contributed by atoms with Crippen LogP contribution in [0.3, 0.4) is 0 Å². The van der Waals surface area contributed by atoms with Crippen molar-refractivity contribution in [2.75, 3.05) is 11.4 Å². The van der Waals surface area contributed by atoms with Gasteiger partial charge >= 0.3 is 0 Å². The number of nitrogens with one attached hydrogen (secondary N) is 1. The molecular weight excluding hydrogens is 450 g/mol. The van der Waals surface area contributed by atoms with Gasteiger partial charge in [0, 0.05) is 6.04 Å². The lowest BCUT2D eigenvalue weighted by atomic mass is 10.1. The van der Waals surface area contributed by atoms with Crippen molar-refractivity contribution in [3.05, 3.63) is 44.1 Å². The van der Waals surface area contributed by atoms with Gasteiger partial charge in [0.15, 0.2) is 0 Å². The minimum atomic E-state index is -0.100. The summed E-state index contributed by atoms with van der Waals surface area (Å²) < 4.78 is 1.00. The fourth-order valence-corrected chi connectivity index (χ4v) is 5.29. The number of hydrogen-bond acceptors (Lipinski definition) is 4. The summed E-state index contributed by atoms with van der Waals surface area (Å²) >= 11 is 5.05. The van der Waals surface area contributed by atoms with Crippen LogP contribution >= 0.6 is 27.3 Å². The molecule has 2 amide bonds. The Morgan fingerprint density at radius 3 is 2.66 bits per heavy atom. The van der Waals surface area contributed by atoms with Gasteiger partial charge < -0.3 is 10.2 Å². The maximum atomic E-state index is 13.2. The number of aliphatic imine (C=N–C) groups is 1. The summed E-state index contributed by atoms with van der Waals surface area (Å²) in [4.78, 5) is 33.3. The zero-order chi connectivity index (χ0) is 20.5. The monoisotopic (exact) mass is 473 g/mol. The summed E-state index contributed by atoms with van der Waals surface area (Å²) in [5.74, 6) is -0.200. The molecule has 4 rings (SSSR count). The fourth-order valence-electron chi connectivity index (χ4n) is 3.92. The first kappa shape index (κ1) is 20.3. The molecule has 0 radical (unpaired) electrons. The number of amides is 2. The van der Waals surface area contributed by atoms with Gasteiger partial charge in [-0.3, -0.25) is 9.59 Å². The molecule has 1 aliphatic heterocycles. The van der Waals surface area contributed by atoms with Crippen molar-refractivity contribution >= 4 is 56.2 Å². The second-order valence-electron chi connectivity index (χ2n) is 7.79. The second kappa shape index (κ2) is 8.40. The average Bonchev–Trinajstić information content (AvgIpc) is 3.31. The van der Waals surface area contributed by atoms with Crippen LogP contribution in [0.25, 0.3) is 0 Å². The van der Waals surface area contributed by atoms with Crippen molar-refractivity contribution < 1.29 is 9.59 Å². The van der Waals surface area contributed by atoms with E-state index in [9.17, 15) is 9.59 Å². The molecule has 0 unspecified atom stereocenters. The van der Waals surface area contributed by atoms with E-state index in [2.05, 4.69) is 21.2 Å². The quantitative estimate of drug-likeness (QED) is 0.675. The highest BCUT2D eigenvalue weighted by Gasteiger charge is 2.28. The van der Waals surface area contributed by atoms with Crippen LogP contribution in [0.4, 0.5) is 11.4 Å². The molecule has 2 aliphatic rings. The van der Waals surface area contributed by atoms with Gasteiger partial charge in [-0.1, -0.05) is 12.8 Å². The summed E-state index contributed by atoms with van der Waals surface area (Å²) in [6.45, 7) is 4.08. The Bertz CT molecular complexity index is 992. The summed E-state index contributed by atoms with van der Waals surface area (Å²) in [6, 6.07) is 8.16. The third-order valence-electron chi connectivity index (χ3n) is 5.64. The predicted molar refractivity (Wildman–Crippen MR) is 122 cm³/mol. The Balaban J connectivity index is 1.67. The number of hydrogen-bond donors (Lipinski definition) is 1. The van der Waals surface area contributed by atoms with Crippen molar-refractivity contribution in [3.8, 4) is 0 Å². The van der Waals surface area contributed by atoms with Crippen LogP contribution in [0.2, 0.25) is 0 Å². The van der Waals surface area contributed by atoms with Crippen LogP contribution in [0.1, 0.15) is 48.1 Å². The Morgan fingerprint density at radius 2 is 1.97 bits per heavy atom. The second-order valence-corrected chi connectivity index (χ2v) is 10.3. The Kier molecular flexibility index (Phi) is 5.88. The van der Waals surface area contributed by atoms with E-state index in [0.717, 1.165) is 56.9 Å². The lowest BCUT2D eigenvalue weighted by molar-refractivity contribution is -0.123. The maximum absolute atomic E-state index is 13.2. The van der Waals surface area contributed by atoms with Crippen LogP contribution in [0, 0.1) is 13.8 Å². The summed E-state index contributed by atoms with van der Waals surface area (Å²) in [6.07, 6.45) is 4.53. The number of thiophene rings is 1. The van der Waals surface area contributed by atoms with E-state index in [-0.39, 0.29) is 30.8 Å². The minimum Gasteiger partial charge on any atom is -0.352 e. The zero-order valence-corrected chi connectivity index (χ0v) is 19.0. The summed E-state index contributed by atoms with van der Waals surface area (Å²) in [5, 5.41) is 3.10. The highest BCUT2D eigenvalue weighted by molar-refractivity contribution is 9.11. The molecule has 1 saturated carbocycles. The molecule has 152 valence electrons. The lowest BCUT2D eigenvalue weighted by Crippen LogP contribution is -2.43. The lowest BCUT2D eigenvalue weighted by Gasteiger charge is -2.24. The number of anilines is 1. The van der Waals surface area contributed by atoms with E-state index in [1.54, 1.807) is 16.2 Å². The molecule has 7 heteroatoms. The fraction of sp³-hybridized carbons (Fsp3) is 0.409. The molecule has 1 aliphatic carbocycles. The number of nitrogens with zero attached hydrogens (tertiary/aromatic N) is 2. The minimum absolute atomic E-state index is 0.0295. The molecule has 1 N–H and O–H groups in total. The third-order valence-corrected chi connectivity index (χ3v) is 7.31. The smallest absolute Gasteiger partial charge is 0.240 e. The molecule has 0 atom stereocenters. The molecule has 2 aromatic rings. The highest BCUT2D eigenvalue weighted by Crippen LogP contribution is 2.36. The topological polar surface area (TPSA) is 61.8 Å². The first-order valence-corrected chi connectivity index (χ1v) is 11.6. The summed E-state index contributed by atoms with van der Waals surface area (Å²) in [5.41, 5.74) is 4.39. The molecule has 2 heterocycles. The average molecular weight is 474 g/mol. The number of fused-ring (bicyclic) bond motifs is 1. The van der Waals surface area contributed by atoms with Crippen LogP contribution in [0.5, 0.6) is 0 Å². The Labute approximate surface area is 183 Å².